The van der Waals surface area contributed by atoms with Crippen LogP contribution in [0, 0.1) is 5.41 Å². The highest BCUT2D eigenvalue weighted by molar-refractivity contribution is 5.85. The van der Waals surface area contributed by atoms with Crippen LogP contribution < -0.4 is 15.4 Å². The van der Waals surface area contributed by atoms with Gasteiger partial charge in [0, 0.05) is 44.5 Å². The molecule has 0 aromatic heterocycles. The lowest BCUT2D eigenvalue weighted by molar-refractivity contribution is -0.141. The Bertz CT molecular complexity index is 557. The zero-order chi connectivity index (χ0) is 16.3. The number of anilines is 1. The largest absolute Gasteiger partial charge is 0.497 e. The van der Waals surface area contributed by atoms with Gasteiger partial charge in [-0.3, -0.25) is 4.79 Å². The summed E-state index contributed by atoms with van der Waals surface area (Å²) >= 11 is 0. The van der Waals surface area contributed by atoms with Crippen molar-refractivity contribution in [1.82, 2.24) is 4.90 Å². The van der Waals surface area contributed by atoms with E-state index < -0.39 is 0 Å². The average molecular weight is 390 g/mol. The number of benzene rings is 1. The van der Waals surface area contributed by atoms with E-state index in [1.54, 1.807) is 7.11 Å². The molecule has 7 heteroatoms. The van der Waals surface area contributed by atoms with E-state index >= 15 is 0 Å². The summed E-state index contributed by atoms with van der Waals surface area (Å²) in [6.07, 6.45) is 4.18. The van der Waals surface area contributed by atoms with Crippen LogP contribution in [0.25, 0.3) is 0 Å². The Morgan fingerprint density at radius 2 is 1.80 bits per heavy atom. The summed E-state index contributed by atoms with van der Waals surface area (Å²) in [5.74, 6) is 1.15. The Kier molecular flexibility index (Phi) is 8.32. The summed E-state index contributed by atoms with van der Waals surface area (Å²) in [5.41, 5.74) is 6.83. The van der Waals surface area contributed by atoms with E-state index in [1.165, 1.54) is 0 Å². The van der Waals surface area contributed by atoms with Gasteiger partial charge in [-0.25, -0.2) is 0 Å². The second kappa shape index (κ2) is 9.51. The number of nitrogens with zero attached hydrogens (tertiary/aromatic N) is 2. The maximum atomic E-state index is 12.9. The third-order valence-electron chi connectivity index (χ3n) is 5.39. The molecule has 0 radical (unpaired) electrons. The Labute approximate surface area is 162 Å². The van der Waals surface area contributed by atoms with Crippen LogP contribution in [0.3, 0.4) is 0 Å². The molecule has 1 amide bonds. The van der Waals surface area contributed by atoms with Crippen LogP contribution in [-0.4, -0.2) is 50.6 Å². The fraction of sp³-hybridized carbons (Fsp3) is 0.611. The van der Waals surface area contributed by atoms with E-state index in [1.807, 2.05) is 17.0 Å². The van der Waals surface area contributed by atoms with E-state index in [4.69, 9.17) is 10.5 Å². The van der Waals surface area contributed by atoms with Gasteiger partial charge in [-0.05, 0) is 25.0 Å². The first kappa shape index (κ1) is 21.9. The normalized spacial score (nSPS) is 19.0. The average Bonchev–Trinajstić information content (AvgIpc) is 3.11. The topological polar surface area (TPSA) is 58.8 Å². The molecule has 25 heavy (non-hydrogen) atoms. The molecule has 2 fully saturated rings. The quantitative estimate of drug-likeness (QED) is 0.859. The number of hydrogen-bond donors (Lipinski definition) is 1. The van der Waals surface area contributed by atoms with Crippen LogP contribution in [0.5, 0.6) is 5.75 Å². The summed E-state index contributed by atoms with van der Waals surface area (Å²) in [7, 11) is 1.68. The van der Waals surface area contributed by atoms with E-state index in [2.05, 4.69) is 17.0 Å². The molecular weight excluding hydrogens is 361 g/mol. The van der Waals surface area contributed by atoms with Gasteiger partial charge in [0.15, 0.2) is 0 Å². The number of hydrogen-bond acceptors (Lipinski definition) is 4. The molecule has 5 nitrogen and oxygen atoms in total. The molecule has 0 bridgehead atoms. The minimum Gasteiger partial charge on any atom is -0.497 e. The fourth-order valence-corrected chi connectivity index (χ4v) is 3.87. The van der Waals surface area contributed by atoms with Crippen LogP contribution in [0.1, 0.15) is 25.7 Å². The summed E-state index contributed by atoms with van der Waals surface area (Å²) in [4.78, 5) is 17.2. The molecule has 2 aliphatic rings. The Balaban J connectivity index is 0.00000156. The molecule has 1 saturated carbocycles. The molecule has 0 atom stereocenters. The fourth-order valence-electron chi connectivity index (χ4n) is 3.87. The first-order valence-corrected chi connectivity index (χ1v) is 8.57. The number of methoxy groups -OCH3 is 1. The summed E-state index contributed by atoms with van der Waals surface area (Å²) in [5, 5.41) is 0. The first-order valence-electron chi connectivity index (χ1n) is 8.57. The Hall–Kier alpha value is -1.17. The van der Waals surface area contributed by atoms with Gasteiger partial charge in [0.2, 0.25) is 5.91 Å². The van der Waals surface area contributed by atoms with Gasteiger partial charge in [-0.2, -0.15) is 0 Å². The maximum Gasteiger partial charge on any atom is 0.230 e. The minimum absolute atomic E-state index is 0. The smallest absolute Gasteiger partial charge is 0.230 e. The molecule has 0 unspecified atom stereocenters. The third-order valence-corrected chi connectivity index (χ3v) is 5.39. The standard InChI is InChI=1S/C18H27N3O2.2ClH/c1-23-16-6-4-5-15(13-16)20-9-11-21(12-10-20)17(22)18(14-19)7-2-3-8-18;;/h4-6,13H,2-3,7-12,14,19H2,1H3;2*1H. The lowest BCUT2D eigenvalue weighted by Crippen LogP contribution is -2.54. The first-order chi connectivity index (χ1) is 11.2. The zero-order valence-corrected chi connectivity index (χ0v) is 16.4. The molecule has 142 valence electrons. The predicted octanol–water partition coefficient (Wildman–Crippen LogP) is 2.71. The molecule has 3 rings (SSSR count). The van der Waals surface area contributed by atoms with Gasteiger partial charge in [-0.1, -0.05) is 18.9 Å². The van der Waals surface area contributed by atoms with E-state index in [9.17, 15) is 4.79 Å². The van der Waals surface area contributed by atoms with Crippen molar-refractivity contribution in [2.45, 2.75) is 25.7 Å². The van der Waals surface area contributed by atoms with Crippen molar-refractivity contribution in [1.29, 1.82) is 0 Å². The van der Waals surface area contributed by atoms with Crippen molar-refractivity contribution in [3.05, 3.63) is 24.3 Å². The van der Waals surface area contributed by atoms with Gasteiger partial charge in [0.25, 0.3) is 0 Å². The van der Waals surface area contributed by atoms with Crippen LogP contribution in [0.4, 0.5) is 5.69 Å². The van der Waals surface area contributed by atoms with Crippen molar-refractivity contribution in [3.63, 3.8) is 0 Å². The zero-order valence-electron chi connectivity index (χ0n) is 14.8. The highest BCUT2D eigenvalue weighted by atomic mass is 35.5. The highest BCUT2D eigenvalue weighted by Crippen LogP contribution is 2.39. The van der Waals surface area contributed by atoms with Gasteiger partial charge in [0.1, 0.15) is 5.75 Å². The molecule has 1 aliphatic carbocycles. The van der Waals surface area contributed by atoms with Crippen LogP contribution in [0.15, 0.2) is 24.3 Å². The van der Waals surface area contributed by atoms with Crippen LogP contribution in [-0.2, 0) is 4.79 Å². The lowest BCUT2D eigenvalue weighted by atomic mass is 9.84. The van der Waals surface area contributed by atoms with Gasteiger partial charge in [0.05, 0.1) is 12.5 Å². The minimum atomic E-state index is -0.280. The number of carbonyl (C=O) groups is 1. The monoisotopic (exact) mass is 389 g/mol. The molecular formula is C18H29Cl2N3O2. The number of halogens is 2. The van der Waals surface area contributed by atoms with E-state index in [-0.39, 0.29) is 36.1 Å². The predicted molar refractivity (Wildman–Crippen MR) is 106 cm³/mol. The number of carbonyl (C=O) groups excluding carboxylic acids is 1. The maximum absolute atomic E-state index is 12.9. The van der Waals surface area contributed by atoms with E-state index in [0.717, 1.165) is 63.3 Å². The second-order valence-corrected chi connectivity index (χ2v) is 6.67. The molecule has 1 heterocycles. The molecule has 1 aromatic rings. The SMILES string of the molecule is COc1cccc(N2CCN(C(=O)C3(CN)CCCC3)CC2)c1.Cl.Cl. The number of nitrogens with two attached hydrogens (primary N) is 1. The summed E-state index contributed by atoms with van der Waals surface area (Å²) in [6, 6.07) is 8.11. The second-order valence-electron chi connectivity index (χ2n) is 6.67. The number of ether oxygens (including phenoxy) is 1. The number of piperazine rings is 1. The molecule has 1 aliphatic heterocycles. The van der Waals surface area contributed by atoms with Crippen molar-refractivity contribution < 1.29 is 9.53 Å². The van der Waals surface area contributed by atoms with Gasteiger partial charge >= 0.3 is 0 Å². The van der Waals surface area contributed by atoms with Crippen molar-refractivity contribution in [2.75, 3.05) is 44.7 Å². The van der Waals surface area contributed by atoms with Crippen LogP contribution in [0.2, 0.25) is 0 Å². The number of rotatable bonds is 4. The molecule has 0 spiro atoms. The third kappa shape index (κ3) is 4.52. The number of amides is 1. The highest BCUT2D eigenvalue weighted by Gasteiger charge is 2.42. The van der Waals surface area contributed by atoms with Gasteiger partial charge in [-0.15, -0.1) is 24.8 Å². The van der Waals surface area contributed by atoms with Crippen molar-refractivity contribution in [3.8, 4) is 5.75 Å². The summed E-state index contributed by atoms with van der Waals surface area (Å²) < 4.78 is 5.30. The Morgan fingerprint density at radius 3 is 2.36 bits per heavy atom. The Morgan fingerprint density at radius 1 is 1.16 bits per heavy atom. The summed E-state index contributed by atoms with van der Waals surface area (Å²) in [6.45, 7) is 3.76. The van der Waals surface area contributed by atoms with Crippen molar-refractivity contribution in [2.24, 2.45) is 11.1 Å². The van der Waals surface area contributed by atoms with Crippen molar-refractivity contribution >= 4 is 36.4 Å². The molecule has 1 saturated heterocycles. The molecule has 2 N–H and O–H groups in total. The van der Waals surface area contributed by atoms with Gasteiger partial charge < -0.3 is 20.3 Å². The lowest BCUT2D eigenvalue weighted by Gasteiger charge is -2.40. The van der Waals surface area contributed by atoms with E-state index in [0.29, 0.717) is 6.54 Å². The molecule has 1 aromatic carbocycles. The van der Waals surface area contributed by atoms with Crippen LogP contribution >= 0.6 is 24.8 Å².